The first-order valence-corrected chi connectivity index (χ1v) is 4.50. The molecule has 0 aromatic carbocycles. The lowest BCUT2D eigenvalue weighted by Gasteiger charge is -2.33. The summed E-state index contributed by atoms with van der Waals surface area (Å²) in [4.78, 5) is 5.60. The molecule has 2 nitrogen and oxygen atoms in total. The van der Waals surface area contributed by atoms with Crippen molar-refractivity contribution in [2.45, 2.75) is 47.1 Å². The van der Waals surface area contributed by atoms with Crippen LogP contribution in [0.25, 0.3) is 0 Å². The Kier molecular flexibility index (Phi) is 3.73. The van der Waals surface area contributed by atoms with E-state index in [0.29, 0.717) is 0 Å². The molecule has 0 bridgehead atoms. The van der Waals surface area contributed by atoms with E-state index in [0.717, 1.165) is 6.61 Å². The second kappa shape index (κ2) is 3.75. The molecule has 0 saturated carbocycles. The van der Waals surface area contributed by atoms with E-state index in [2.05, 4.69) is 41.5 Å². The molecule has 2 heteroatoms. The topological polar surface area (TPSA) is 12.5 Å². The van der Waals surface area contributed by atoms with Gasteiger partial charge in [-0.05, 0) is 26.2 Å². The van der Waals surface area contributed by atoms with Crippen LogP contribution in [0.4, 0.5) is 0 Å². The van der Waals surface area contributed by atoms with Gasteiger partial charge < -0.3 is 0 Å². The summed E-state index contributed by atoms with van der Waals surface area (Å²) in [6.07, 6.45) is 0. The van der Waals surface area contributed by atoms with E-state index in [1.165, 1.54) is 0 Å². The Bertz CT molecular complexity index is 130. The second-order valence-corrected chi connectivity index (χ2v) is 5.50. The van der Waals surface area contributed by atoms with Gasteiger partial charge in [-0.15, -0.1) is 0 Å². The lowest BCUT2D eigenvalue weighted by Crippen LogP contribution is -2.39. The molecule has 0 rings (SSSR count). The minimum Gasteiger partial charge on any atom is -0.298 e. The van der Waals surface area contributed by atoms with Crippen LogP contribution >= 0.6 is 0 Å². The molecule has 0 atom stereocenters. The number of hydrogen-bond acceptors (Lipinski definition) is 2. The van der Waals surface area contributed by atoms with Gasteiger partial charge in [-0.1, -0.05) is 20.8 Å². The molecule has 0 aromatic heterocycles. The molecule has 0 N–H and O–H groups in total. The van der Waals surface area contributed by atoms with Crippen LogP contribution in [0, 0.1) is 5.41 Å². The third-order valence-electron chi connectivity index (χ3n) is 1.64. The normalized spacial score (nSPS) is 14.0. The van der Waals surface area contributed by atoms with Crippen LogP contribution in [0.3, 0.4) is 0 Å². The van der Waals surface area contributed by atoms with E-state index in [-0.39, 0.29) is 11.0 Å². The molecule has 0 aliphatic rings. The summed E-state index contributed by atoms with van der Waals surface area (Å²) >= 11 is 0. The first-order valence-electron chi connectivity index (χ1n) is 4.50. The molecule has 0 radical (unpaired) electrons. The molecule has 0 aliphatic carbocycles. The van der Waals surface area contributed by atoms with E-state index in [9.17, 15) is 0 Å². The molecule has 0 amide bonds. The van der Waals surface area contributed by atoms with Crippen LogP contribution in [0.5, 0.6) is 0 Å². The molecule has 0 spiro atoms. The number of hydrogen-bond donors (Lipinski definition) is 0. The number of hydroxylamine groups is 2. The first-order chi connectivity index (χ1) is 5.13. The van der Waals surface area contributed by atoms with Gasteiger partial charge in [0.05, 0.1) is 6.61 Å². The van der Waals surface area contributed by atoms with Crippen molar-refractivity contribution in [1.82, 2.24) is 5.06 Å². The molecule has 0 unspecified atom stereocenters. The largest absolute Gasteiger partial charge is 0.298 e. The van der Waals surface area contributed by atoms with Crippen LogP contribution in [-0.2, 0) is 4.84 Å². The summed E-state index contributed by atoms with van der Waals surface area (Å²) in [7, 11) is 1.98. The van der Waals surface area contributed by atoms with Gasteiger partial charge in [-0.2, -0.15) is 5.06 Å². The van der Waals surface area contributed by atoms with Gasteiger partial charge in [0.2, 0.25) is 0 Å². The van der Waals surface area contributed by atoms with Crippen LogP contribution in [0.2, 0.25) is 0 Å². The SMILES string of the molecule is CN(OCC(C)(C)C)C(C)(C)C. The highest BCUT2D eigenvalue weighted by Crippen LogP contribution is 2.17. The Morgan fingerprint density at radius 2 is 1.42 bits per heavy atom. The molecule has 74 valence electrons. The van der Waals surface area contributed by atoms with Gasteiger partial charge >= 0.3 is 0 Å². The van der Waals surface area contributed by atoms with E-state index in [1.54, 1.807) is 0 Å². The molecule has 0 aliphatic heterocycles. The Morgan fingerprint density at radius 3 is 1.67 bits per heavy atom. The lowest BCUT2D eigenvalue weighted by atomic mass is 9.99. The van der Waals surface area contributed by atoms with Gasteiger partial charge in [0.15, 0.2) is 0 Å². The van der Waals surface area contributed by atoms with Gasteiger partial charge in [0, 0.05) is 12.6 Å². The van der Waals surface area contributed by atoms with Gasteiger partial charge in [0.1, 0.15) is 0 Å². The van der Waals surface area contributed by atoms with E-state index in [1.807, 2.05) is 12.1 Å². The number of rotatable bonds is 2. The van der Waals surface area contributed by atoms with Gasteiger partial charge in [-0.3, -0.25) is 4.84 Å². The first kappa shape index (κ1) is 11.9. The van der Waals surface area contributed by atoms with Crippen molar-refractivity contribution in [2.75, 3.05) is 13.7 Å². The van der Waals surface area contributed by atoms with Gasteiger partial charge in [0.25, 0.3) is 0 Å². The summed E-state index contributed by atoms with van der Waals surface area (Å²) in [5.74, 6) is 0. The second-order valence-electron chi connectivity index (χ2n) is 5.50. The zero-order valence-electron chi connectivity index (χ0n) is 9.56. The van der Waals surface area contributed by atoms with Crippen molar-refractivity contribution in [3.05, 3.63) is 0 Å². The minimum absolute atomic E-state index is 0.0885. The average molecular weight is 173 g/mol. The molecular formula is C10H23NO. The van der Waals surface area contributed by atoms with Gasteiger partial charge in [-0.25, -0.2) is 0 Å². The monoisotopic (exact) mass is 173 g/mol. The van der Waals surface area contributed by atoms with E-state index in [4.69, 9.17) is 4.84 Å². The fourth-order valence-electron chi connectivity index (χ4n) is 0.484. The van der Waals surface area contributed by atoms with Crippen molar-refractivity contribution in [3.8, 4) is 0 Å². The average Bonchev–Trinajstić information content (AvgIpc) is 1.78. The third-order valence-corrected chi connectivity index (χ3v) is 1.64. The predicted octanol–water partition coefficient (Wildman–Crippen LogP) is 2.69. The summed E-state index contributed by atoms with van der Waals surface area (Å²) < 4.78 is 0. The summed E-state index contributed by atoms with van der Waals surface area (Å²) in [6, 6.07) is 0. The summed E-state index contributed by atoms with van der Waals surface area (Å²) in [5.41, 5.74) is 0.324. The maximum Gasteiger partial charge on any atom is 0.0733 e. The fraction of sp³-hybridized carbons (Fsp3) is 1.00. The molecule has 0 aromatic rings. The van der Waals surface area contributed by atoms with Crippen LogP contribution in [-0.4, -0.2) is 24.3 Å². The Balaban J connectivity index is 3.80. The highest BCUT2D eigenvalue weighted by atomic mass is 16.7. The van der Waals surface area contributed by atoms with E-state index < -0.39 is 0 Å². The van der Waals surface area contributed by atoms with Crippen molar-refractivity contribution < 1.29 is 4.84 Å². The molecular weight excluding hydrogens is 150 g/mol. The predicted molar refractivity (Wildman–Crippen MR) is 52.9 cm³/mol. The Morgan fingerprint density at radius 1 is 1.00 bits per heavy atom. The minimum atomic E-state index is 0.0885. The lowest BCUT2D eigenvalue weighted by molar-refractivity contribution is -0.207. The van der Waals surface area contributed by atoms with Crippen molar-refractivity contribution in [1.29, 1.82) is 0 Å². The zero-order chi connectivity index (χ0) is 9.99. The molecule has 0 heterocycles. The smallest absolute Gasteiger partial charge is 0.0733 e. The highest BCUT2D eigenvalue weighted by Gasteiger charge is 2.20. The zero-order valence-corrected chi connectivity index (χ0v) is 9.56. The van der Waals surface area contributed by atoms with Crippen molar-refractivity contribution >= 4 is 0 Å². The maximum atomic E-state index is 5.60. The molecule has 0 fully saturated rings. The van der Waals surface area contributed by atoms with Crippen molar-refractivity contribution in [2.24, 2.45) is 5.41 Å². The molecule has 0 saturated heterocycles. The Hall–Kier alpha value is -0.0800. The third kappa shape index (κ3) is 5.56. The number of nitrogens with zero attached hydrogens (tertiary/aromatic N) is 1. The summed E-state index contributed by atoms with van der Waals surface area (Å²) in [6.45, 7) is 13.7. The highest BCUT2D eigenvalue weighted by molar-refractivity contribution is 4.67. The van der Waals surface area contributed by atoms with E-state index >= 15 is 0 Å². The maximum absolute atomic E-state index is 5.60. The fourth-order valence-corrected chi connectivity index (χ4v) is 0.484. The standard InChI is InChI=1S/C10H23NO/c1-9(2,3)8-12-11(7)10(4,5)6/h8H2,1-7H3. The van der Waals surface area contributed by atoms with Crippen molar-refractivity contribution in [3.63, 3.8) is 0 Å². The van der Waals surface area contributed by atoms with Crippen LogP contribution in [0.1, 0.15) is 41.5 Å². The quantitative estimate of drug-likeness (QED) is 0.595. The van der Waals surface area contributed by atoms with Crippen LogP contribution < -0.4 is 0 Å². The molecule has 12 heavy (non-hydrogen) atoms. The Labute approximate surface area is 76.9 Å². The van der Waals surface area contributed by atoms with Crippen LogP contribution in [0.15, 0.2) is 0 Å². The summed E-state index contributed by atoms with van der Waals surface area (Å²) in [5, 5.41) is 1.91.